The van der Waals surface area contributed by atoms with Crippen LogP contribution in [0.3, 0.4) is 0 Å². The van der Waals surface area contributed by atoms with Crippen LogP contribution in [0.15, 0.2) is 54.6 Å². The summed E-state index contributed by atoms with van der Waals surface area (Å²) in [4.78, 5) is 12.3. The molecule has 0 aliphatic carbocycles. The molecule has 0 spiro atoms. The lowest BCUT2D eigenvalue weighted by molar-refractivity contribution is -0.131. The van der Waals surface area contributed by atoms with Crippen molar-refractivity contribution in [2.75, 3.05) is 6.61 Å². The molecule has 1 N–H and O–H groups in total. The second-order valence-electron chi connectivity index (χ2n) is 5.01. The summed E-state index contributed by atoms with van der Waals surface area (Å²) in [6, 6.07) is 17.1. The van der Waals surface area contributed by atoms with Gasteiger partial charge in [0, 0.05) is 0 Å². The highest BCUT2D eigenvalue weighted by atomic mass is 16.6. The van der Waals surface area contributed by atoms with E-state index in [1.807, 2.05) is 55.5 Å². The van der Waals surface area contributed by atoms with E-state index >= 15 is 0 Å². The summed E-state index contributed by atoms with van der Waals surface area (Å²) < 4.78 is 11.3. The number of fused-ring (bicyclic) bond motifs is 1. The summed E-state index contributed by atoms with van der Waals surface area (Å²) >= 11 is 0. The van der Waals surface area contributed by atoms with Gasteiger partial charge in [-0.1, -0.05) is 42.5 Å². The molecule has 21 heavy (non-hydrogen) atoms. The first-order valence-corrected chi connectivity index (χ1v) is 6.98. The normalized spacial score (nSPS) is 17.9. The number of amides is 1. The first-order chi connectivity index (χ1) is 10.2. The van der Waals surface area contributed by atoms with Crippen LogP contribution in [0.5, 0.6) is 11.5 Å². The average molecular weight is 283 g/mol. The summed E-state index contributed by atoms with van der Waals surface area (Å²) in [7, 11) is 0. The maximum atomic E-state index is 12.3. The maximum absolute atomic E-state index is 12.3. The van der Waals surface area contributed by atoms with Gasteiger partial charge in [-0.05, 0) is 24.6 Å². The summed E-state index contributed by atoms with van der Waals surface area (Å²) in [5, 5.41) is 2.95. The van der Waals surface area contributed by atoms with Crippen molar-refractivity contribution in [3.8, 4) is 11.5 Å². The zero-order valence-electron chi connectivity index (χ0n) is 11.8. The van der Waals surface area contributed by atoms with Crippen LogP contribution in [0.2, 0.25) is 0 Å². The van der Waals surface area contributed by atoms with Crippen molar-refractivity contribution in [1.82, 2.24) is 5.32 Å². The van der Waals surface area contributed by atoms with Crippen LogP contribution in [0.25, 0.3) is 0 Å². The topological polar surface area (TPSA) is 47.6 Å². The molecular formula is C17H17NO3. The highest BCUT2D eigenvalue weighted by Crippen LogP contribution is 2.31. The standard InChI is InChI=1S/C17H17NO3/c1-12(13-7-3-2-4-8-13)18-17(19)16-11-20-14-9-5-6-10-15(14)21-16/h2-10,12,16H,11H2,1H3,(H,18,19)/t12-,16?/m1/s1. The molecule has 0 fully saturated rings. The quantitative estimate of drug-likeness (QED) is 0.942. The van der Waals surface area contributed by atoms with Crippen molar-refractivity contribution in [1.29, 1.82) is 0 Å². The molecule has 1 amide bonds. The third kappa shape index (κ3) is 2.99. The lowest BCUT2D eigenvalue weighted by Crippen LogP contribution is -2.44. The highest BCUT2D eigenvalue weighted by molar-refractivity contribution is 5.82. The van der Waals surface area contributed by atoms with E-state index in [0.29, 0.717) is 11.5 Å². The number of para-hydroxylation sites is 2. The first-order valence-electron chi connectivity index (χ1n) is 6.98. The number of nitrogens with one attached hydrogen (secondary N) is 1. The predicted octanol–water partition coefficient (Wildman–Crippen LogP) is 2.70. The lowest BCUT2D eigenvalue weighted by atomic mass is 10.1. The predicted molar refractivity (Wildman–Crippen MR) is 79.4 cm³/mol. The number of carbonyl (C=O) groups excluding carboxylic acids is 1. The van der Waals surface area contributed by atoms with Gasteiger partial charge in [0.05, 0.1) is 6.04 Å². The van der Waals surface area contributed by atoms with Gasteiger partial charge in [0.25, 0.3) is 5.91 Å². The van der Waals surface area contributed by atoms with Crippen LogP contribution in [-0.4, -0.2) is 18.6 Å². The smallest absolute Gasteiger partial charge is 0.265 e. The minimum absolute atomic E-state index is 0.0699. The van der Waals surface area contributed by atoms with E-state index in [4.69, 9.17) is 9.47 Å². The molecule has 0 saturated carbocycles. The minimum Gasteiger partial charge on any atom is -0.485 e. The fourth-order valence-electron chi connectivity index (χ4n) is 2.28. The highest BCUT2D eigenvalue weighted by Gasteiger charge is 2.28. The third-order valence-electron chi connectivity index (χ3n) is 3.46. The zero-order valence-corrected chi connectivity index (χ0v) is 11.8. The Morgan fingerprint density at radius 3 is 2.52 bits per heavy atom. The van der Waals surface area contributed by atoms with Gasteiger partial charge in [-0.3, -0.25) is 4.79 Å². The zero-order chi connectivity index (χ0) is 14.7. The van der Waals surface area contributed by atoms with Crippen molar-refractivity contribution >= 4 is 5.91 Å². The molecule has 1 aliphatic rings. The van der Waals surface area contributed by atoms with Crippen LogP contribution in [0.1, 0.15) is 18.5 Å². The van der Waals surface area contributed by atoms with E-state index in [2.05, 4.69) is 5.32 Å². The Morgan fingerprint density at radius 1 is 1.10 bits per heavy atom. The van der Waals surface area contributed by atoms with Crippen LogP contribution in [0.4, 0.5) is 0 Å². The molecular weight excluding hydrogens is 266 g/mol. The van der Waals surface area contributed by atoms with Crippen molar-refractivity contribution in [2.24, 2.45) is 0 Å². The average Bonchev–Trinajstić information content (AvgIpc) is 2.55. The molecule has 2 atom stereocenters. The van der Waals surface area contributed by atoms with Gasteiger partial charge in [-0.15, -0.1) is 0 Å². The molecule has 1 heterocycles. The van der Waals surface area contributed by atoms with Gasteiger partial charge in [0.15, 0.2) is 11.5 Å². The van der Waals surface area contributed by atoms with Gasteiger partial charge < -0.3 is 14.8 Å². The Balaban J connectivity index is 1.65. The molecule has 1 aliphatic heterocycles. The Labute approximate surface area is 123 Å². The third-order valence-corrected chi connectivity index (χ3v) is 3.46. The van der Waals surface area contributed by atoms with Crippen molar-refractivity contribution in [3.05, 3.63) is 60.2 Å². The van der Waals surface area contributed by atoms with E-state index < -0.39 is 6.10 Å². The molecule has 0 aromatic heterocycles. The number of rotatable bonds is 3. The Hall–Kier alpha value is -2.49. The molecule has 2 aromatic rings. The Bertz CT molecular complexity index is 627. The molecule has 0 bridgehead atoms. The fraction of sp³-hybridized carbons (Fsp3) is 0.235. The van der Waals surface area contributed by atoms with Gasteiger partial charge >= 0.3 is 0 Å². The van der Waals surface area contributed by atoms with Gasteiger partial charge in [-0.2, -0.15) is 0 Å². The molecule has 4 heteroatoms. The van der Waals surface area contributed by atoms with Gasteiger partial charge in [0.2, 0.25) is 6.10 Å². The van der Waals surface area contributed by atoms with Crippen molar-refractivity contribution in [3.63, 3.8) is 0 Å². The fourth-order valence-corrected chi connectivity index (χ4v) is 2.28. The Morgan fingerprint density at radius 2 is 1.76 bits per heavy atom. The van der Waals surface area contributed by atoms with E-state index in [9.17, 15) is 4.79 Å². The van der Waals surface area contributed by atoms with Crippen LogP contribution >= 0.6 is 0 Å². The molecule has 4 nitrogen and oxygen atoms in total. The second kappa shape index (κ2) is 5.87. The number of benzene rings is 2. The summed E-state index contributed by atoms with van der Waals surface area (Å²) in [6.45, 7) is 2.18. The number of hydrogen-bond acceptors (Lipinski definition) is 3. The van der Waals surface area contributed by atoms with Crippen LogP contribution in [-0.2, 0) is 4.79 Å². The van der Waals surface area contributed by atoms with E-state index in [1.165, 1.54) is 0 Å². The van der Waals surface area contributed by atoms with Crippen molar-refractivity contribution in [2.45, 2.75) is 19.1 Å². The second-order valence-corrected chi connectivity index (χ2v) is 5.01. The van der Waals surface area contributed by atoms with Crippen LogP contribution < -0.4 is 14.8 Å². The largest absolute Gasteiger partial charge is 0.485 e. The first kappa shape index (κ1) is 13.5. The number of carbonyl (C=O) groups is 1. The number of hydrogen-bond donors (Lipinski definition) is 1. The molecule has 0 radical (unpaired) electrons. The SMILES string of the molecule is C[C@@H](NC(=O)C1COc2ccccc2O1)c1ccccc1. The number of ether oxygens (including phenoxy) is 2. The van der Waals surface area contributed by atoms with E-state index in [0.717, 1.165) is 5.56 Å². The summed E-state index contributed by atoms with van der Waals surface area (Å²) in [6.07, 6.45) is -0.619. The monoisotopic (exact) mass is 283 g/mol. The Kier molecular flexibility index (Phi) is 3.77. The van der Waals surface area contributed by atoms with E-state index in [-0.39, 0.29) is 18.6 Å². The van der Waals surface area contributed by atoms with E-state index in [1.54, 1.807) is 6.07 Å². The summed E-state index contributed by atoms with van der Waals surface area (Å²) in [5.74, 6) is 1.12. The molecule has 2 aromatic carbocycles. The maximum Gasteiger partial charge on any atom is 0.265 e. The van der Waals surface area contributed by atoms with Gasteiger partial charge in [0.1, 0.15) is 6.61 Å². The van der Waals surface area contributed by atoms with Crippen molar-refractivity contribution < 1.29 is 14.3 Å². The summed E-state index contributed by atoms with van der Waals surface area (Å²) in [5.41, 5.74) is 1.06. The molecule has 3 rings (SSSR count). The van der Waals surface area contributed by atoms with Crippen LogP contribution in [0, 0.1) is 0 Å². The molecule has 0 saturated heterocycles. The minimum atomic E-state index is -0.619. The molecule has 108 valence electrons. The van der Waals surface area contributed by atoms with Gasteiger partial charge in [-0.25, -0.2) is 0 Å². The molecule has 1 unspecified atom stereocenters. The lowest BCUT2D eigenvalue weighted by Gasteiger charge is -2.26.